The second-order valence-corrected chi connectivity index (χ2v) is 9.36. The molecule has 2 nitrogen and oxygen atoms in total. The van der Waals surface area contributed by atoms with Crippen LogP contribution in [-0.2, 0) is 0 Å². The van der Waals surface area contributed by atoms with E-state index in [-0.39, 0.29) is 5.41 Å². The van der Waals surface area contributed by atoms with Crippen LogP contribution in [0, 0.1) is 22.2 Å². The first-order chi connectivity index (χ1) is 9.98. The van der Waals surface area contributed by atoms with E-state index in [4.69, 9.17) is 0 Å². The van der Waals surface area contributed by atoms with Crippen molar-refractivity contribution in [1.29, 1.82) is 0 Å². The molecule has 0 heterocycles. The van der Waals surface area contributed by atoms with E-state index in [1.165, 1.54) is 57.8 Å². The van der Waals surface area contributed by atoms with Crippen LogP contribution in [0.3, 0.4) is 0 Å². The van der Waals surface area contributed by atoms with Crippen LogP contribution in [0.2, 0.25) is 0 Å². The maximum absolute atomic E-state index is 11.4. The van der Waals surface area contributed by atoms with Crippen LogP contribution in [0.15, 0.2) is 0 Å². The van der Waals surface area contributed by atoms with Crippen molar-refractivity contribution in [3.8, 4) is 0 Å². The molecule has 4 atom stereocenters. The van der Waals surface area contributed by atoms with Crippen LogP contribution in [0.1, 0.15) is 84.0 Å². The topological polar surface area (TPSA) is 40.5 Å². The van der Waals surface area contributed by atoms with Crippen molar-refractivity contribution in [3.05, 3.63) is 0 Å². The normalized spacial score (nSPS) is 51.9. The molecule has 2 heteroatoms. The maximum Gasteiger partial charge on any atom is 0.0687 e. The Bertz CT molecular complexity index is 427. The molecule has 0 saturated heterocycles. The predicted molar refractivity (Wildman–Crippen MR) is 83.9 cm³/mol. The lowest BCUT2D eigenvalue weighted by atomic mass is 9.36. The van der Waals surface area contributed by atoms with Gasteiger partial charge in [0.15, 0.2) is 0 Å². The van der Waals surface area contributed by atoms with E-state index in [1.54, 1.807) is 0 Å². The molecular formula is C19H32O2. The maximum atomic E-state index is 11.4. The van der Waals surface area contributed by atoms with Crippen LogP contribution in [-0.4, -0.2) is 22.4 Å². The molecule has 0 radical (unpaired) electrons. The highest BCUT2D eigenvalue weighted by Gasteiger charge is 2.71. The molecule has 1 spiro atoms. The summed E-state index contributed by atoms with van der Waals surface area (Å²) in [5, 5.41) is 21.9. The number of aliphatic hydroxyl groups is 2. The summed E-state index contributed by atoms with van der Waals surface area (Å²) >= 11 is 0. The van der Waals surface area contributed by atoms with Crippen LogP contribution in [0.5, 0.6) is 0 Å². The predicted octanol–water partition coefficient (Wildman–Crippen LogP) is 4.04. The van der Waals surface area contributed by atoms with Gasteiger partial charge in [-0.25, -0.2) is 0 Å². The molecule has 4 aliphatic rings. The van der Waals surface area contributed by atoms with E-state index in [1.807, 2.05) is 0 Å². The SMILES string of the molecule is C[C@@]12CCC[C@@](O)(C1)[C@@H]1CC3(CCCCC3)[C@]1(CO)CC2. The highest BCUT2D eigenvalue weighted by atomic mass is 16.3. The molecule has 4 saturated carbocycles. The smallest absolute Gasteiger partial charge is 0.0687 e. The lowest BCUT2D eigenvalue weighted by Crippen LogP contribution is -2.67. The van der Waals surface area contributed by atoms with Gasteiger partial charge in [0.1, 0.15) is 0 Å². The van der Waals surface area contributed by atoms with Crippen molar-refractivity contribution in [3.63, 3.8) is 0 Å². The fraction of sp³-hybridized carbons (Fsp3) is 1.00. The van der Waals surface area contributed by atoms with E-state index < -0.39 is 5.60 Å². The van der Waals surface area contributed by atoms with Gasteiger partial charge in [-0.05, 0) is 68.1 Å². The molecule has 0 unspecified atom stereocenters. The van der Waals surface area contributed by atoms with Crippen molar-refractivity contribution in [1.82, 2.24) is 0 Å². The molecule has 0 aromatic rings. The van der Waals surface area contributed by atoms with E-state index in [0.29, 0.717) is 23.4 Å². The van der Waals surface area contributed by atoms with E-state index in [0.717, 1.165) is 19.3 Å². The summed E-state index contributed by atoms with van der Waals surface area (Å²) in [6, 6.07) is 0. The number of hydrogen-bond donors (Lipinski definition) is 2. The zero-order valence-electron chi connectivity index (χ0n) is 13.7. The summed E-state index contributed by atoms with van der Waals surface area (Å²) in [5.74, 6) is 0.371. The minimum Gasteiger partial charge on any atom is -0.396 e. The van der Waals surface area contributed by atoms with Gasteiger partial charge in [-0.15, -0.1) is 0 Å². The van der Waals surface area contributed by atoms with Crippen molar-refractivity contribution < 1.29 is 10.2 Å². The second-order valence-electron chi connectivity index (χ2n) is 9.36. The summed E-state index contributed by atoms with van der Waals surface area (Å²) in [6.07, 6.45) is 14.6. The highest BCUT2D eigenvalue weighted by molar-refractivity contribution is 5.20. The number of rotatable bonds is 1. The zero-order valence-corrected chi connectivity index (χ0v) is 13.7. The lowest BCUT2D eigenvalue weighted by molar-refractivity contribution is -0.255. The summed E-state index contributed by atoms with van der Waals surface area (Å²) in [7, 11) is 0. The van der Waals surface area contributed by atoms with Crippen molar-refractivity contribution in [2.24, 2.45) is 22.2 Å². The summed E-state index contributed by atoms with van der Waals surface area (Å²) < 4.78 is 0. The Kier molecular flexibility index (Phi) is 3.09. The molecule has 0 aliphatic heterocycles. The van der Waals surface area contributed by atoms with E-state index in [2.05, 4.69) is 6.92 Å². The van der Waals surface area contributed by atoms with Gasteiger partial charge in [0, 0.05) is 12.0 Å². The molecule has 21 heavy (non-hydrogen) atoms. The zero-order chi connectivity index (χ0) is 14.8. The molecule has 2 bridgehead atoms. The van der Waals surface area contributed by atoms with Crippen molar-refractivity contribution >= 4 is 0 Å². The second kappa shape index (κ2) is 4.47. The van der Waals surface area contributed by atoms with Crippen LogP contribution < -0.4 is 0 Å². The number of fused-ring (bicyclic) bond motifs is 5. The van der Waals surface area contributed by atoms with Gasteiger partial charge in [0.2, 0.25) is 0 Å². The first kappa shape index (κ1) is 14.5. The minimum absolute atomic E-state index is 0.0459. The Labute approximate surface area is 129 Å². The van der Waals surface area contributed by atoms with Crippen LogP contribution >= 0.6 is 0 Å². The van der Waals surface area contributed by atoms with E-state index >= 15 is 0 Å². The summed E-state index contributed by atoms with van der Waals surface area (Å²) in [5.41, 5.74) is 0.260. The third-order valence-corrected chi connectivity index (χ3v) is 8.36. The standard InChI is InChI=1S/C19H32O2/c1-16-6-5-9-19(21,13-16)15-12-17(7-3-2-4-8-17)18(15,14-20)11-10-16/h15,20-21H,2-14H2,1H3/t15-,16+,18+,19-/m1/s1. The Hall–Kier alpha value is -0.0800. The third kappa shape index (κ3) is 1.78. The molecule has 4 fully saturated rings. The van der Waals surface area contributed by atoms with Gasteiger partial charge in [0.05, 0.1) is 5.60 Å². The average Bonchev–Trinajstić information content (AvgIpc) is 2.51. The monoisotopic (exact) mass is 292 g/mol. The Balaban J connectivity index is 1.73. The molecule has 120 valence electrons. The Morgan fingerprint density at radius 2 is 1.67 bits per heavy atom. The molecule has 4 rings (SSSR count). The molecule has 0 amide bonds. The van der Waals surface area contributed by atoms with Gasteiger partial charge in [-0.1, -0.05) is 32.6 Å². The van der Waals surface area contributed by atoms with Gasteiger partial charge >= 0.3 is 0 Å². The molecule has 4 aliphatic carbocycles. The summed E-state index contributed by atoms with van der Waals surface area (Å²) in [4.78, 5) is 0. The van der Waals surface area contributed by atoms with Crippen LogP contribution in [0.4, 0.5) is 0 Å². The molecule has 2 N–H and O–H groups in total. The lowest BCUT2D eigenvalue weighted by Gasteiger charge is -2.69. The van der Waals surface area contributed by atoms with Gasteiger partial charge < -0.3 is 10.2 Å². The minimum atomic E-state index is -0.477. The fourth-order valence-electron chi connectivity index (χ4n) is 7.23. The largest absolute Gasteiger partial charge is 0.396 e. The van der Waals surface area contributed by atoms with Crippen LogP contribution in [0.25, 0.3) is 0 Å². The van der Waals surface area contributed by atoms with Gasteiger partial charge in [-0.2, -0.15) is 0 Å². The molecular weight excluding hydrogens is 260 g/mol. The van der Waals surface area contributed by atoms with Crippen molar-refractivity contribution in [2.45, 2.75) is 89.6 Å². The third-order valence-electron chi connectivity index (χ3n) is 8.36. The first-order valence-corrected chi connectivity index (χ1v) is 9.31. The van der Waals surface area contributed by atoms with E-state index in [9.17, 15) is 10.2 Å². The highest BCUT2D eigenvalue weighted by Crippen LogP contribution is 2.74. The average molecular weight is 292 g/mol. The van der Waals surface area contributed by atoms with Gasteiger partial charge in [-0.3, -0.25) is 0 Å². The molecule has 0 aromatic carbocycles. The first-order valence-electron chi connectivity index (χ1n) is 9.31. The fourth-order valence-corrected chi connectivity index (χ4v) is 7.23. The summed E-state index contributed by atoms with van der Waals surface area (Å²) in [6.45, 7) is 2.70. The number of aliphatic hydroxyl groups excluding tert-OH is 1. The Morgan fingerprint density at radius 1 is 0.905 bits per heavy atom. The van der Waals surface area contributed by atoms with Crippen molar-refractivity contribution in [2.75, 3.05) is 6.61 Å². The molecule has 0 aromatic heterocycles. The Morgan fingerprint density at radius 3 is 2.38 bits per heavy atom. The quantitative estimate of drug-likeness (QED) is 0.765. The van der Waals surface area contributed by atoms with Gasteiger partial charge in [0.25, 0.3) is 0 Å². The number of hydrogen-bond acceptors (Lipinski definition) is 2.